The molecule has 0 spiro atoms. The number of carbonyl (C=O) groups excluding carboxylic acids is 1. The molecule has 0 aliphatic rings. The van der Waals surface area contributed by atoms with Crippen LogP contribution < -0.4 is 4.74 Å². The van der Waals surface area contributed by atoms with Crippen molar-refractivity contribution < 1.29 is 23.8 Å². The summed E-state index contributed by atoms with van der Waals surface area (Å²) in [4.78, 5) is 11.3. The summed E-state index contributed by atoms with van der Waals surface area (Å²) in [6.07, 6.45) is -1.54. The number of ether oxygens (including phenoxy) is 2. The molecule has 1 unspecified atom stereocenters. The molecule has 0 aliphatic carbocycles. The third-order valence-corrected chi connectivity index (χ3v) is 2.00. The molecule has 0 radical (unpaired) electrons. The maximum atomic E-state index is 13.0. The van der Waals surface area contributed by atoms with E-state index in [2.05, 4.69) is 4.74 Å². The van der Waals surface area contributed by atoms with Crippen LogP contribution in [0.1, 0.15) is 18.6 Å². The Morgan fingerprint density at radius 1 is 1.56 bits per heavy atom. The van der Waals surface area contributed by atoms with Crippen molar-refractivity contribution in [2.24, 2.45) is 0 Å². The van der Waals surface area contributed by atoms with E-state index in [-0.39, 0.29) is 17.9 Å². The van der Waals surface area contributed by atoms with Crippen molar-refractivity contribution in [3.63, 3.8) is 0 Å². The van der Waals surface area contributed by atoms with Crippen LogP contribution in [0.3, 0.4) is 0 Å². The molecule has 0 saturated carbocycles. The van der Waals surface area contributed by atoms with Gasteiger partial charge in [0.15, 0.2) is 6.10 Å². The molecule has 1 rings (SSSR count). The highest BCUT2D eigenvalue weighted by Gasteiger charge is 2.22. The third kappa shape index (κ3) is 2.70. The number of carbonyl (C=O) groups is 1. The first-order valence-electron chi connectivity index (χ1n) is 4.78. The number of benzene rings is 1. The summed E-state index contributed by atoms with van der Waals surface area (Å²) in [6, 6.07) is 3.56. The average molecular weight is 228 g/mol. The fraction of sp³-hybridized carbons (Fsp3) is 0.364. The zero-order valence-electron chi connectivity index (χ0n) is 9.07. The van der Waals surface area contributed by atoms with E-state index in [1.165, 1.54) is 19.2 Å². The van der Waals surface area contributed by atoms with E-state index < -0.39 is 17.9 Å². The minimum absolute atomic E-state index is 0.0564. The van der Waals surface area contributed by atoms with Gasteiger partial charge in [-0.15, -0.1) is 0 Å². The summed E-state index contributed by atoms with van der Waals surface area (Å²) in [6.45, 7) is 1.76. The molecular formula is C11H13FO4. The Hall–Kier alpha value is -1.62. The molecule has 0 amide bonds. The fourth-order valence-corrected chi connectivity index (χ4v) is 1.27. The van der Waals surface area contributed by atoms with Crippen LogP contribution in [-0.2, 0) is 9.53 Å². The molecule has 1 aromatic rings. The Balaban J connectivity index is 3.01. The standard InChI is InChI=1S/C11H13FO4/c1-3-16-11(14)10(13)8-6-7(12)4-5-9(8)15-2/h4-6,10,13H,3H2,1-2H3. The minimum atomic E-state index is -1.54. The lowest BCUT2D eigenvalue weighted by Gasteiger charge is -2.13. The van der Waals surface area contributed by atoms with E-state index in [4.69, 9.17) is 4.74 Å². The molecule has 0 heterocycles. The van der Waals surface area contributed by atoms with E-state index in [0.29, 0.717) is 0 Å². The van der Waals surface area contributed by atoms with E-state index in [1.54, 1.807) is 6.92 Å². The molecular weight excluding hydrogens is 215 g/mol. The van der Waals surface area contributed by atoms with Crippen LogP contribution >= 0.6 is 0 Å². The van der Waals surface area contributed by atoms with Crippen LogP contribution in [0.15, 0.2) is 18.2 Å². The molecule has 5 heteroatoms. The van der Waals surface area contributed by atoms with Crippen molar-refractivity contribution in [2.45, 2.75) is 13.0 Å². The molecule has 0 bridgehead atoms. The molecule has 1 N–H and O–H groups in total. The molecule has 1 atom stereocenters. The first-order chi connectivity index (χ1) is 7.60. The molecule has 1 aromatic carbocycles. The van der Waals surface area contributed by atoms with E-state index in [0.717, 1.165) is 6.07 Å². The molecule has 16 heavy (non-hydrogen) atoms. The zero-order chi connectivity index (χ0) is 12.1. The summed E-state index contributed by atoms with van der Waals surface area (Å²) in [5.41, 5.74) is 0.0564. The Labute approximate surface area is 92.6 Å². The van der Waals surface area contributed by atoms with Crippen molar-refractivity contribution in [1.29, 1.82) is 0 Å². The van der Waals surface area contributed by atoms with Crippen LogP contribution in [0.4, 0.5) is 4.39 Å². The van der Waals surface area contributed by atoms with Crippen molar-refractivity contribution in [1.82, 2.24) is 0 Å². The summed E-state index contributed by atoms with van der Waals surface area (Å²) >= 11 is 0. The highest BCUT2D eigenvalue weighted by Crippen LogP contribution is 2.26. The zero-order valence-corrected chi connectivity index (χ0v) is 9.07. The first kappa shape index (κ1) is 12.4. The number of rotatable bonds is 4. The van der Waals surface area contributed by atoms with Gasteiger partial charge in [0.2, 0.25) is 0 Å². The lowest BCUT2D eigenvalue weighted by Crippen LogP contribution is -2.16. The number of halogens is 1. The number of hydrogen-bond donors (Lipinski definition) is 1. The summed E-state index contributed by atoms with van der Waals surface area (Å²) in [5.74, 6) is -1.15. The summed E-state index contributed by atoms with van der Waals surface area (Å²) < 4.78 is 22.5. The van der Waals surface area contributed by atoms with Gasteiger partial charge >= 0.3 is 5.97 Å². The van der Waals surface area contributed by atoms with Crippen LogP contribution in [0.25, 0.3) is 0 Å². The Kier molecular flexibility index (Phi) is 4.25. The molecule has 0 fully saturated rings. The van der Waals surface area contributed by atoms with Crippen LogP contribution in [0.2, 0.25) is 0 Å². The SMILES string of the molecule is CCOC(=O)C(O)c1cc(F)ccc1OC. The van der Waals surface area contributed by atoms with Gasteiger partial charge in [-0.05, 0) is 25.1 Å². The number of aliphatic hydroxyl groups is 1. The second-order valence-corrected chi connectivity index (χ2v) is 3.04. The minimum Gasteiger partial charge on any atom is -0.496 e. The van der Waals surface area contributed by atoms with E-state index >= 15 is 0 Å². The van der Waals surface area contributed by atoms with Crippen LogP contribution in [0, 0.1) is 5.82 Å². The van der Waals surface area contributed by atoms with Crippen LogP contribution in [-0.4, -0.2) is 24.8 Å². The van der Waals surface area contributed by atoms with Gasteiger partial charge in [-0.1, -0.05) is 0 Å². The monoisotopic (exact) mass is 228 g/mol. The number of hydrogen-bond acceptors (Lipinski definition) is 4. The van der Waals surface area contributed by atoms with E-state index in [1.807, 2.05) is 0 Å². The predicted molar refractivity (Wildman–Crippen MR) is 54.5 cm³/mol. The van der Waals surface area contributed by atoms with Crippen LogP contribution in [0.5, 0.6) is 5.75 Å². The van der Waals surface area contributed by atoms with Gasteiger partial charge in [-0.2, -0.15) is 0 Å². The van der Waals surface area contributed by atoms with Crippen molar-refractivity contribution in [2.75, 3.05) is 13.7 Å². The second-order valence-electron chi connectivity index (χ2n) is 3.04. The van der Waals surface area contributed by atoms with Gasteiger partial charge in [0, 0.05) is 5.56 Å². The first-order valence-corrected chi connectivity index (χ1v) is 4.78. The predicted octanol–water partition coefficient (Wildman–Crippen LogP) is 1.43. The topological polar surface area (TPSA) is 55.8 Å². The van der Waals surface area contributed by atoms with Crippen molar-refractivity contribution in [3.8, 4) is 5.75 Å². The fourth-order valence-electron chi connectivity index (χ4n) is 1.27. The van der Waals surface area contributed by atoms with Gasteiger partial charge in [-0.3, -0.25) is 0 Å². The van der Waals surface area contributed by atoms with Gasteiger partial charge < -0.3 is 14.6 Å². The lowest BCUT2D eigenvalue weighted by molar-refractivity contribution is -0.153. The maximum absolute atomic E-state index is 13.0. The Morgan fingerprint density at radius 3 is 2.81 bits per heavy atom. The average Bonchev–Trinajstić information content (AvgIpc) is 2.28. The molecule has 4 nitrogen and oxygen atoms in total. The van der Waals surface area contributed by atoms with E-state index in [9.17, 15) is 14.3 Å². The number of esters is 1. The second kappa shape index (κ2) is 5.46. The van der Waals surface area contributed by atoms with Gasteiger partial charge in [0.1, 0.15) is 11.6 Å². The molecule has 0 aromatic heterocycles. The third-order valence-electron chi connectivity index (χ3n) is 2.00. The van der Waals surface area contributed by atoms with Crippen molar-refractivity contribution in [3.05, 3.63) is 29.6 Å². The summed E-state index contributed by atoms with van der Waals surface area (Å²) in [5, 5.41) is 9.64. The maximum Gasteiger partial charge on any atom is 0.339 e. The quantitative estimate of drug-likeness (QED) is 0.792. The van der Waals surface area contributed by atoms with Gasteiger partial charge in [0.05, 0.1) is 13.7 Å². The smallest absolute Gasteiger partial charge is 0.339 e. The normalized spacial score (nSPS) is 12.0. The van der Waals surface area contributed by atoms with Crippen molar-refractivity contribution >= 4 is 5.97 Å². The molecule has 88 valence electrons. The Bertz CT molecular complexity index is 378. The van der Waals surface area contributed by atoms with Gasteiger partial charge in [-0.25, -0.2) is 9.18 Å². The highest BCUT2D eigenvalue weighted by molar-refractivity contribution is 5.77. The Morgan fingerprint density at radius 2 is 2.25 bits per heavy atom. The number of methoxy groups -OCH3 is 1. The van der Waals surface area contributed by atoms with Gasteiger partial charge in [0.25, 0.3) is 0 Å². The molecule has 0 aliphatic heterocycles. The summed E-state index contributed by atoms with van der Waals surface area (Å²) in [7, 11) is 1.37. The molecule has 0 saturated heterocycles. The largest absolute Gasteiger partial charge is 0.496 e. The highest BCUT2D eigenvalue weighted by atomic mass is 19.1. The number of aliphatic hydroxyl groups excluding tert-OH is 1. The lowest BCUT2D eigenvalue weighted by atomic mass is 10.1.